The molecule has 0 fully saturated rings. The fraction of sp³-hybridized carbons (Fsp3) is 0.118. The molecule has 0 aliphatic carbocycles. The lowest BCUT2D eigenvalue weighted by molar-refractivity contribution is -0.137. The van der Waals surface area contributed by atoms with Crippen LogP contribution in [0.15, 0.2) is 55.0 Å². The van der Waals surface area contributed by atoms with Crippen LogP contribution in [0.2, 0.25) is 0 Å². The van der Waals surface area contributed by atoms with Crippen LogP contribution in [0.1, 0.15) is 5.56 Å². The van der Waals surface area contributed by atoms with Gasteiger partial charge in [-0.05, 0) is 30.3 Å². The maximum atomic E-state index is 12.6. The highest BCUT2D eigenvalue weighted by Gasteiger charge is 2.30. The van der Waals surface area contributed by atoms with Crippen LogP contribution in [-0.2, 0) is 6.18 Å². The number of nitrogen functional groups attached to an aromatic ring is 1. The van der Waals surface area contributed by atoms with E-state index in [-0.39, 0.29) is 0 Å². The SMILES string of the molecule is CNc1ccc(N)cc1-n1cnc(-c2ccc(C(F)(F)F)cc2)c1. The van der Waals surface area contributed by atoms with Gasteiger partial charge in [0.1, 0.15) is 0 Å². The van der Waals surface area contributed by atoms with Gasteiger partial charge in [-0.2, -0.15) is 13.2 Å². The molecule has 124 valence electrons. The largest absolute Gasteiger partial charge is 0.416 e. The minimum atomic E-state index is -4.35. The van der Waals surface area contributed by atoms with Crippen LogP contribution in [0.5, 0.6) is 0 Å². The maximum Gasteiger partial charge on any atom is 0.416 e. The van der Waals surface area contributed by atoms with E-state index in [1.165, 1.54) is 12.1 Å². The number of nitrogens with two attached hydrogens (primary N) is 1. The van der Waals surface area contributed by atoms with Crippen LogP contribution < -0.4 is 11.1 Å². The molecule has 0 atom stereocenters. The number of halogens is 3. The summed E-state index contributed by atoms with van der Waals surface area (Å²) in [4.78, 5) is 4.27. The molecular formula is C17H15F3N4. The third-order valence-corrected chi connectivity index (χ3v) is 3.66. The molecular weight excluding hydrogens is 317 g/mol. The first-order chi connectivity index (χ1) is 11.4. The molecule has 0 aliphatic heterocycles. The van der Waals surface area contributed by atoms with Crippen LogP contribution in [0.3, 0.4) is 0 Å². The van der Waals surface area contributed by atoms with Crippen LogP contribution in [0.4, 0.5) is 24.5 Å². The van der Waals surface area contributed by atoms with Crippen molar-refractivity contribution in [3.8, 4) is 16.9 Å². The summed E-state index contributed by atoms with van der Waals surface area (Å²) < 4.78 is 39.7. The molecule has 0 amide bonds. The van der Waals surface area contributed by atoms with Gasteiger partial charge in [0, 0.05) is 24.5 Å². The predicted molar refractivity (Wildman–Crippen MR) is 88.0 cm³/mol. The number of nitrogens with one attached hydrogen (secondary N) is 1. The second kappa shape index (κ2) is 5.92. The fourth-order valence-corrected chi connectivity index (χ4v) is 2.41. The molecule has 0 unspecified atom stereocenters. The topological polar surface area (TPSA) is 55.9 Å². The van der Waals surface area contributed by atoms with E-state index in [1.54, 1.807) is 36.3 Å². The van der Waals surface area contributed by atoms with Crippen LogP contribution in [0, 0.1) is 0 Å². The summed E-state index contributed by atoms with van der Waals surface area (Å²) in [6, 6.07) is 10.3. The third kappa shape index (κ3) is 3.05. The Balaban J connectivity index is 1.95. The van der Waals surface area contributed by atoms with Gasteiger partial charge >= 0.3 is 6.18 Å². The number of alkyl halides is 3. The number of hydrogen-bond donors (Lipinski definition) is 2. The number of anilines is 2. The third-order valence-electron chi connectivity index (χ3n) is 3.66. The molecule has 3 rings (SSSR count). The van der Waals surface area contributed by atoms with Gasteiger partial charge in [-0.15, -0.1) is 0 Å². The molecule has 24 heavy (non-hydrogen) atoms. The van der Waals surface area contributed by atoms with E-state index in [1.807, 2.05) is 6.07 Å². The lowest BCUT2D eigenvalue weighted by atomic mass is 10.1. The molecule has 0 aliphatic rings. The molecule has 0 spiro atoms. The van der Waals surface area contributed by atoms with Crippen LogP contribution in [-0.4, -0.2) is 16.6 Å². The number of aromatic nitrogens is 2. The summed E-state index contributed by atoms with van der Waals surface area (Å²) in [7, 11) is 1.79. The number of imidazole rings is 1. The minimum Gasteiger partial charge on any atom is -0.399 e. The average molecular weight is 332 g/mol. The van der Waals surface area contributed by atoms with Crippen molar-refractivity contribution in [3.63, 3.8) is 0 Å². The first-order valence-electron chi connectivity index (χ1n) is 7.18. The summed E-state index contributed by atoms with van der Waals surface area (Å²) in [5, 5.41) is 3.07. The zero-order valence-corrected chi connectivity index (χ0v) is 12.8. The second-order valence-corrected chi connectivity index (χ2v) is 5.27. The predicted octanol–water partition coefficient (Wildman–Crippen LogP) is 4.18. The van der Waals surface area contributed by atoms with Crippen LogP contribution >= 0.6 is 0 Å². The van der Waals surface area contributed by atoms with Gasteiger partial charge in [0.25, 0.3) is 0 Å². The summed E-state index contributed by atoms with van der Waals surface area (Å²) in [5.74, 6) is 0. The lowest BCUT2D eigenvalue weighted by Gasteiger charge is -2.10. The van der Waals surface area contributed by atoms with Crippen molar-refractivity contribution in [2.45, 2.75) is 6.18 Å². The van der Waals surface area contributed by atoms with E-state index < -0.39 is 11.7 Å². The van der Waals surface area contributed by atoms with Gasteiger partial charge in [0.2, 0.25) is 0 Å². The molecule has 0 radical (unpaired) electrons. The zero-order chi connectivity index (χ0) is 17.3. The summed E-state index contributed by atoms with van der Waals surface area (Å²) in [6.45, 7) is 0. The smallest absolute Gasteiger partial charge is 0.399 e. The van der Waals surface area contributed by atoms with E-state index in [2.05, 4.69) is 10.3 Å². The van der Waals surface area contributed by atoms with Gasteiger partial charge in [-0.3, -0.25) is 0 Å². The van der Waals surface area contributed by atoms with Gasteiger partial charge in [-0.25, -0.2) is 4.98 Å². The number of hydrogen-bond acceptors (Lipinski definition) is 3. The number of rotatable bonds is 3. The zero-order valence-electron chi connectivity index (χ0n) is 12.8. The Bertz CT molecular complexity index is 851. The highest BCUT2D eigenvalue weighted by Crippen LogP contribution is 2.31. The first-order valence-corrected chi connectivity index (χ1v) is 7.18. The quantitative estimate of drug-likeness (QED) is 0.707. The number of nitrogens with zero attached hydrogens (tertiary/aromatic N) is 2. The Labute approximate surface area is 136 Å². The highest BCUT2D eigenvalue weighted by atomic mass is 19.4. The fourth-order valence-electron chi connectivity index (χ4n) is 2.41. The molecule has 0 saturated carbocycles. The van der Waals surface area contributed by atoms with Crippen molar-refractivity contribution in [2.24, 2.45) is 0 Å². The molecule has 2 aromatic carbocycles. The van der Waals surface area contributed by atoms with Crippen LogP contribution in [0.25, 0.3) is 16.9 Å². The Kier molecular flexibility index (Phi) is 3.92. The highest BCUT2D eigenvalue weighted by molar-refractivity contribution is 5.67. The molecule has 3 aromatic rings. The van der Waals surface area contributed by atoms with E-state index in [9.17, 15) is 13.2 Å². The number of benzene rings is 2. The monoisotopic (exact) mass is 332 g/mol. The molecule has 0 saturated heterocycles. The average Bonchev–Trinajstić information content (AvgIpc) is 3.04. The van der Waals surface area contributed by atoms with Gasteiger partial charge in [-0.1, -0.05) is 12.1 Å². The molecule has 1 aromatic heterocycles. The van der Waals surface area contributed by atoms with E-state index in [4.69, 9.17) is 5.73 Å². The lowest BCUT2D eigenvalue weighted by Crippen LogP contribution is -2.03. The second-order valence-electron chi connectivity index (χ2n) is 5.27. The van der Waals surface area contributed by atoms with Crippen molar-refractivity contribution in [1.82, 2.24) is 9.55 Å². The van der Waals surface area contributed by atoms with Crippen molar-refractivity contribution in [2.75, 3.05) is 18.1 Å². The van der Waals surface area contributed by atoms with Crippen molar-refractivity contribution in [3.05, 3.63) is 60.6 Å². The summed E-state index contributed by atoms with van der Waals surface area (Å²) in [5.41, 5.74) is 8.61. The maximum absolute atomic E-state index is 12.6. The standard InChI is InChI=1S/C17H15F3N4/c1-22-14-7-6-13(21)8-16(14)24-9-15(23-10-24)11-2-4-12(5-3-11)17(18,19)20/h2-10,22H,21H2,1H3. The molecule has 1 heterocycles. The van der Waals surface area contributed by atoms with Crippen molar-refractivity contribution < 1.29 is 13.2 Å². The first kappa shape index (κ1) is 15.9. The molecule has 7 heteroatoms. The van der Waals surface area contributed by atoms with Gasteiger partial charge in [0.05, 0.1) is 29.0 Å². The minimum absolute atomic E-state index is 0.577. The summed E-state index contributed by atoms with van der Waals surface area (Å²) in [6.07, 6.45) is -0.998. The van der Waals surface area contributed by atoms with E-state index in [0.717, 1.165) is 23.5 Å². The van der Waals surface area contributed by atoms with E-state index >= 15 is 0 Å². The molecule has 4 nitrogen and oxygen atoms in total. The Hall–Kier alpha value is -2.96. The van der Waals surface area contributed by atoms with Gasteiger partial charge < -0.3 is 15.6 Å². The van der Waals surface area contributed by atoms with Gasteiger partial charge in [0.15, 0.2) is 0 Å². The Morgan fingerprint density at radius 1 is 1.08 bits per heavy atom. The molecule has 3 N–H and O–H groups in total. The van der Waals surface area contributed by atoms with Crippen molar-refractivity contribution >= 4 is 11.4 Å². The summed E-state index contributed by atoms with van der Waals surface area (Å²) >= 11 is 0. The molecule has 0 bridgehead atoms. The van der Waals surface area contributed by atoms with E-state index in [0.29, 0.717) is 16.9 Å². The Morgan fingerprint density at radius 2 is 1.79 bits per heavy atom. The normalized spacial score (nSPS) is 11.5. The van der Waals surface area contributed by atoms with Crippen molar-refractivity contribution in [1.29, 1.82) is 0 Å². The Morgan fingerprint density at radius 3 is 2.42 bits per heavy atom.